The summed E-state index contributed by atoms with van der Waals surface area (Å²) in [4.78, 5) is 7.02. The molecule has 0 amide bonds. The molecule has 2 N–H and O–H groups in total. The second kappa shape index (κ2) is 6.83. The molecule has 4 unspecified atom stereocenters. The molecule has 26 heavy (non-hydrogen) atoms. The Hall–Kier alpha value is -1.64. The predicted molar refractivity (Wildman–Crippen MR) is 99.3 cm³/mol. The van der Waals surface area contributed by atoms with Crippen molar-refractivity contribution in [3.8, 4) is 0 Å². The third kappa shape index (κ3) is 3.10. The van der Waals surface area contributed by atoms with Crippen molar-refractivity contribution in [2.45, 2.75) is 36.5 Å². The van der Waals surface area contributed by atoms with Crippen molar-refractivity contribution in [1.82, 2.24) is 14.9 Å². The first-order valence-electron chi connectivity index (χ1n) is 9.15. The summed E-state index contributed by atoms with van der Waals surface area (Å²) >= 11 is 0. The lowest BCUT2D eigenvalue weighted by atomic mass is 9.82. The average Bonchev–Trinajstić information content (AvgIpc) is 3.36. The van der Waals surface area contributed by atoms with Crippen molar-refractivity contribution in [3.05, 3.63) is 29.8 Å². The van der Waals surface area contributed by atoms with Crippen LogP contribution in [0.2, 0.25) is 0 Å². The Balaban J connectivity index is 1.40. The monoisotopic (exact) mass is 378 g/mol. The van der Waals surface area contributed by atoms with Gasteiger partial charge in [-0.25, -0.2) is 13.1 Å². The van der Waals surface area contributed by atoms with Gasteiger partial charge in [-0.15, -0.1) is 0 Å². The highest BCUT2D eigenvalue weighted by Gasteiger charge is 2.53. The van der Waals surface area contributed by atoms with Gasteiger partial charge in [0, 0.05) is 38.5 Å². The van der Waals surface area contributed by atoms with E-state index >= 15 is 0 Å². The van der Waals surface area contributed by atoms with Crippen LogP contribution in [-0.4, -0.2) is 58.7 Å². The summed E-state index contributed by atoms with van der Waals surface area (Å²) < 4.78 is 32.3. The molecule has 1 aromatic rings. The molecule has 0 aromatic heterocycles. The molecule has 142 valence electrons. The lowest BCUT2D eigenvalue weighted by Gasteiger charge is -2.23. The maximum Gasteiger partial charge on any atom is 0.240 e. The highest BCUT2D eigenvalue weighted by Crippen LogP contribution is 2.47. The van der Waals surface area contributed by atoms with Crippen LogP contribution in [0.25, 0.3) is 0 Å². The number of likely N-dealkylation sites (tertiary alicyclic amines) is 1. The fourth-order valence-electron chi connectivity index (χ4n) is 4.59. The molecule has 0 aliphatic carbocycles. The molecule has 3 saturated heterocycles. The van der Waals surface area contributed by atoms with Crippen molar-refractivity contribution in [3.63, 3.8) is 0 Å². The van der Waals surface area contributed by atoms with Crippen LogP contribution in [0.5, 0.6) is 0 Å². The normalized spacial score (nSPS) is 30.7. The number of guanidine groups is 1. The molecule has 3 fully saturated rings. The Morgan fingerprint density at radius 1 is 1.27 bits per heavy atom. The topological polar surface area (TPSA) is 83.0 Å². The van der Waals surface area contributed by atoms with Gasteiger partial charge in [-0.05, 0) is 37.6 Å². The Labute approximate surface area is 154 Å². The number of hydrogen-bond donors (Lipinski definition) is 2. The first-order valence-corrected chi connectivity index (χ1v) is 10.6. The summed E-state index contributed by atoms with van der Waals surface area (Å²) in [7, 11) is -0.214. The summed E-state index contributed by atoms with van der Waals surface area (Å²) in [5.41, 5.74) is 0.908. The van der Waals surface area contributed by atoms with E-state index in [1.807, 2.05) is 6.07 Å². The minimum atomic E-state index is -3.43. The van der Waals surface area contributed by atoms with Gasteiger partial charge in [0.15, 0.2) is 5.96 Å². The van der Waals surface area contributed by atoms with Gasteiger partial charge in [-0.2, -0.15) is 0 Å². The van der Waals surface area contributed by atoms with E-state index in [0.717, 1.165) is 24.6 Å². The van der Waals surface area contributed by atoms with Crippen LogP contribution in [0.1, 0.15) is 18.4 Å². The third-order valence-corrected chi connectivity index (χ3v) is 7.30. The minimum Gasteiger partial charge on any atom is -0.374 e. The fourth-order valence-corrected chi connectivity index (χ4v) is 5.39. The van der Waals surface area contributed by atoms with Crippen LogP contribution in [0.15, 0.2) is 34.2 Å². The van der Waals surface area contributed by atoms with E-state index in [0.29, 0.717) is 30.6 Å². The maximum atomic E-state index is 12.0. The lowest BCUT2D eigenvalue weighted by molar-refractivity contribution is 0.0767. The van der Waals surface area contributed by atoms with Gasteiger partial charge in [-0.1, -0.05) is 12.1 Å². The first kappa shape index (κ1) is 17.8. The lowest BCUT2D eigenvalue weighted by Crippen LogP contribution is -2.41. The molecule has 8 heteroatoms. The number of rotatable bonds is 4. The molecule has 0 radical (unpaired) electrons. The number of benzene rings is 1. The fraction of sp³-hybridized carbons (Fsp3) is 0.611. The largest absolute Gasteiger partial charge is 0.374 e. The minimum absolute atomic E-state index is 0.277. The van der Waals surface area contributed by atoms with Crippen molar-refractivity contribution in [2.75, 3.05) is 27.2 Å². The van der Waals surface area contributed by atoms with Gasteiger partial charge in [-0.3, -0.25) is 4.99 Å². The number of aliphatic imine (C=N–C) groups is 1. The third-order valence-electron chi connectivity index (χ3n) is 5.89. The number of ether oxygens (including phenoxy) is 1. The van der Waals surface area contributed by atoms with Gasteiger partial charge in [0.2, 0.25) is 10.0 Å². The van der Waals surface area contributed by atoms with E-state index in [1.165, 1.54) is 19.9 Å². The van der Waals surface area contributed by atoms with E-state index in [9.17, 15) is 8.42 Å². The number of nitrogens with zero attached hydrogens (tertiary/aromatic N) is 2. The van der Waals surface area contributed by atoms with Crippen molar-refractivity contribution < 1.29 is 13.2 Å². The smallest absolute Gasteiger partial charge is 0.240 e. The summed E-state index contributed by atoms with van der Waals surface area (Å²) in [6.07, 6.45) is 3.24. The van der Waals surface area contributed by atoms with Gasteiger partial charge in [0.25, 0.3) is 0 Å². The standard InChI is InChI=1S/C18H26N4O3S/c1-19-18(22-10-14-15(11-22)17-7-6-16(14)25-17)21-9-12-4-3-5-13(8-12)26(23,24)20-2/h3-5,8,14-17,20H,6-7,9-11H2,1-2H3,(H,19,21). The second-order valence-corrected chi connectivity index (χ2v) is 9.17. The summed E-state index contributed by atoms with van der Waals surface area (Å²) in [6.45, 7) is 2.51. The van der Waals surface area contributed by atoms with Crippen LogP contribution in [0, 0.1) is 11.8 Å². The molecule has 2 bridgehead atoms. The van der Waals surface area contributed by atoms with Crippen LogP contribution < -0.4 is 10.0 Å². The number of sulfonamides is 1. The van der Waals surface area contributed by atoms with Gasteiger partial charge < -0.3 is 15.0 Å². The molecule has 3 aliphatic rings. The van der Waals surface area contributed by atoms with E-state index in [2.05, 4.69) is 19.9 Å². The number of fused-ring (bicyclic) bond motifs is 5. The highest BCUT2D eigenvalue weighted by atomic mass is 32.2. The average molecular weight is 378 g/mol. The van der Waals surface area contributed by atoms with Crippen LogP contribution >= 0.6 is 0 Å². The molecular weight excluding hydrogens is 352 g/mol. The summed E-state index contributed by atoms with van der Waals surface area (Å²) in [6, 6.07) is 6.97. The van der Waals surface area contributed by atoms with Crippen LogP contribution in [-0.2, 0) is 21.3 Å². The molecular formula is C18H26N4O3S. The first-order chi connectivity index (χ1) is 12.5. The predicted octanol–water partition coefficient (Wildman–Crippen LogP) is 0.779. The van der Waals surface area contributed by atoms with E-state index in [4.69, 9.17) is 4.74 Å². The van der Waals surface area contributed by atoms with Gasteiger partial charge >= 0.3 is 0 Å². The van der Waals surface area contributed by atoms with Crippen molar-refractivity contribution in [2.24, 2.45) is 16.8 Å². The molecule has 0 saturated carbocycles. The van der Waals surface area contributed by atoms with Crippen molar-refractivity contribution in [1.29, 1.82) is 0 Å². The second-order valence-electron chi connectivity index (χ2n) is 7.28. The Morgan fingerprint density at radius 2 is 1.96 bits per heavy atom. The molecule has 1 aromatic carbocycles. The zero-order valence-electron chi connectivity index (χ0n) is 15.2. The Bertz CT molecular complexity index is 792. The Kier molecular flexibility index (Phi) is 4.66. The molecule has 4 rings (SSSR count). The van der Waals surface area contributed by atoms with Gasteiger partial charge in [0.1, 0.15) is 0 Å². The highest BCUT2D eigenvalue weighted by molar-refractivity contribution is 7.89. The number of nitrogens with one attached hydrogen (secondary N) is 2. The van der Waals surface area contributed by atoms with Gasteiger partial charge in [0.05, 0.1) is 17.1 Å². The SMILES string of the molecule is CN=C(NCc1cccc(S(=O)(=O)NC)c1)N1CC2C3CCC(O3)C2C1. The Morgan fingerprint density at radius 3 is 2.58 bits per heavy atom. The summed E-state index contributed by atoms with van der Waals surface area (Å²) in [5.74, 6) is 2.12. The van der Waals surface area contributed by atoms with Crippen LogP contribution in [0.4, 0.5) is 0 Å². The zero-order chi connectivity index (χ0) is 18.3. The van der Waals surface area contributed by atoms with E-state index in [1.54, 1.807) is 25.2 Å². The van der Waals surface area contributed by atoms with Crippen molar-refractivity contribution >= 4 is 16.0 Å². The molecule has 7 nitrogen and oxygen atoms in total. The van der Waals surface area contributed by atoms with E-state index in [-0.39, 0.29) is 4.90 Å². The zero-order valence-corrected chi connectivity index (χ0v) is 16.0. The maximum absolute atomic E-state index is 12.0. The van der Waals surface area contributed by atoms with E-state index < -0.39 is 10.0 Å². The molecule has 0 spiro atoms. The molecule has 4 atom stereocenters. The number of hydrogen-bond acceptors (Lipinski definition) is 4. The van der Waals surface area contributed by atoms with Crippen LogP contribution in [0.3, 0.4) is 0 Å². The molecule has 3 aliphatic heterocycles. The molecule has 3 heterocycles. The quantitative estimate of drug-likeness (QED) is 0.598. The summed E-state index contributed by atoms with van der Waals surface area (Å²) in [5, 5.41) is 3.38.